The van der Waals surface area contributed by atoms with Crippen LogP contribution < -0.4 is 0 Å². The van der Waals surface area contributed by atoms with Crippen molar-refractivity contribution in [3.8, 4) is 0 Å². The Morgan fingerprint density at radius 3 is 2.30 bits per heavy atom. The van der Waals surface area contributed by atoms with Crippen LogP contribution in [0.15, 0.2) is 12.2 Å². The van der Waals surface area contributed by atoms with E-state index < -0.39 is 0 Å². The van der Waals surface area contributed by atoms with Gasteiger partial charge in [0.2, 0.25) is 0 Å². The third-order valence-electron chi connectivity index (χ3n) is 4.72. The molecule has 134 valence electrons. The Kier molecular flexibility index (Phi) is 10.3. The van der Waals surface area contributed by atoms with Crippen molar-refractivity contribution in [1.29, 1.82) is 0 Å². The first-order chi connectivity index (χ1) is 11.1. The predicted molar refractivity (Wildman–Crippen MR) is 95.4 cm³/mol. The van der Waals surface area contributed by atoms with Crippen LogP contribution in [0.2, 0.25) is 0 Å². The first kappa shape index (κ1) is 20.2. The number of carbonyl (C=O) groups excluding carboxylic acids is 1. The zero-order valence-electron chi connectivity index (χ0n) is 15.4. The molecule has 23 heavy (non-hydrogen) atoms. The second-order valence-electron chi connectivity index (χ2n) is 7.08. The van der Waals surface area contributed by atoms with E-state index in [-0.39, 0.29) is 18.2 Å². The second-order valence-corrected chi connectivity index (χ2v) is 7.08. The minimum absolute atomic E-state index is 0.0227. The van der Waals surface area contributed by atoms with Gasteiger partial charge in [-0.25, -0.2) is 4.79 Å². The molecule has 0 N–H and O–H groups in total. The van der Waals surface area contributed by atoms with E-state index in [0.29, 0.717) is 5.57 Å². The summed E-state index contributed by atoms with van der Waals surface area (Å²) in [6.45, 7) is 7.63. The molecule has 1 aliphatic rings. The maximum atomic E-state index is 11.9. The molecule has 0 aromatic carbocycles. The number of carbonyl (C=O) groups is 1. The molecule has 1 aliphatic carbocycles. The lowest BCUT2D eigenvalue weighted by molar-refractivity contribution is -0.152. The fraction of sp³-hybridized carbons (Fsp3) is 0.850. The van der Waals surface area contributed by atoms with E-state index in [9.17, 15) is 4.79 Å². The number of hydrogen-bond acceptors (Lipinski definition) is 3. The molecule has 2 unspecified atom stereocenters. The van der Waals surface area contributed by atoms with Crippen LogP contribution in [-0.2, 0) is 14.3 Å². The van der Waals surface area contributed by atoms with Crippen LogP contribution in [0.5, 0.6) is 0 Å². The molecule has 0 aromatic heterocycles. The van der Waals surface area contributed by atoms with E-state index >= 15 is 0 Å². The van der Waals surface area contributed by atoms with Gasteiger partial charge in [0.05, 0.1) is 6.10 Å². The highest BCUT2D eigenvalue weighted by Crippen LogP contribution is 2.35. The SMILES string of the molecule is C=C(C)C(=O)OC(CCCCCCCC)C(CCC1CC1)OC. The monoisotopic (exact) mass is 324 g/mol. The average Bonchev–Trinajstić information content (AvgIpc) is 3.34. The van der Waals surface area contributed by atoms with Crippen molar-refractivity contribution in [2.75, 3.05) is 7.11 Å². The molecule has 1 fully saturated rings. The lowest BCUT2D eigenvalue weighted by atomic mass is 9.99. The van der Waals surface area contributed by atoms with Gasteiger partial charge in [0, 0.05) is 12.7 Å². The molecule has 0 aliphatic heterocycles. The molecular formula is C20H36O3. The van der Waals surface area contributed by atoms with E-state index in [1.54, 1.807) is 14.0 Å². The minimum atomic E-state index is -0.283. The summed E-state index contributed by atoms with van der Waals surface area (Å²) in [6.07, 6.45) is 13.1. The van der Waals surface area contributed by atoms with Crippen LogP contribution >= 0.6 is 0 Å². The molecule has 0 saturated heterocycles. The summed E-state index contributed by atoms with van der Waals surface area (Å²) in [7, 11) is 1.74. The Morgan fingerprint density at radius 2 is 1.74 bits per heavy atom. The Hall–Kier alpha value is -0.830. The lowest BCUT2D eigenvalue weighted by Crippen LogP contribution is -2.33. The number of rotatable bonds is 14. The maximum Gasteiger partial charge on any atom is 0.333 e. The van der Waals surface area contributed by atoms with Crippen molar-refractivity contribution in [3.63, 3.8) is 0 Å². The second kappa shape index (κ2) is 11.7. The molecule has 0 amide bonds. The van der Waals surface area contributed by atoms with E-state index in [1.807, 2.05) is 0 Å². The first-order valence-corrected chi connectivity index (χ1v) is 9.47. The van der Waals surface area contributed by atoms with Gasteiger partial charge in [-0.15, -0.1) is 0 Å². The van der Waals surface area contributed by atoms with Gasteiger partial charge in [-0.2, -0.15) is 0 Å². The van der Waals surface area contributed by atoms with E-state index in [1.165, 1.54) is 51.4 Å². The van der Waals surface area contributed by atoms with Gasteiger partial charge in [0.15, 0.2) is 0 Å². The number of unbranched alkanes of at least 4 members (excludes halogenated alkanes) is 5. The highest BCUT2D eigenvalue weighted by atomic mass is 16.6. The predicted octanol–water partition coefficient (Wildman–Crippen LogP) is 5.43. The standard InChI is InChI=1S/C20H36O3/c1-5-6-7-8-9-10-11-19(23-20(21)16(2)3)18(22-4)15-14-17-12-13-17/h17-19H,2,5-15H2,1,3-4H3. The van der Waals surface area contributed by atoms with Gasteiger partial charge in [0.25, 0.3) is 0 Å². The highest BCUT2D eigenvalue weighted by molar-refractivity contribution is 5.87. The van der Waals surface area contributed by atoms with Gasteiger partial charge >= 0.3 is 5.97 Å². The van der Waals surface area contributed by atoms with Gasteiger partial charge in [0.1, 0.15) is 6.10 Å². The number of ether oxygens (including phenoxy) is 2. The van der Waals surface area contributed by atoms with Crippen LogP contribution in [-0.4, -0.2) is 25.3 Å². The topological polar surface area (TPSA) is 35.5 Å². The molecule has 1 rings (SSSR count). The molecule has 0 bridgehead atoms. The average molecular weight is 325 g/mol. The molecule has 0 heterocycles. The molecule has 0 spiro atoms. The van der Waals surface area contributed by atoms with Crippen molar-refractivity contribution in [2.24, 2.45) is 5.92 Å². The summed E-state index contributed by atoms with van der Waals surface area (Å²) in [5.74, 6) is 0.591. The fourth-order valence-corrected chi connectivity index (χ4v) is 2.95. The van der Waals surface area contributed by atoms with E-state index in [0.717, 1.165) is 25.2 Å². The van der Waals surface area contributed by atoms with Crippen molar-refractivity contribution >= 4 is 5.97 Å². The van der Waals surface area contributed by atoms with E-state index in [4.69, 9.17) is 9.47 Å². The smallest absolute Gasteiger partial charge is 0.333 e. The maximum absolute atomic E-state index is 11.9. The van der Waals surface area contributed by atoms with Crippen molar-refractivity contribution in [1.82, 2.24) is 0 Å². The van der Waals surface area contributed by atoms with Gasteiger partial charge in [-0.05, 0) is 38.5 Å². The van der Waals surface area contributed by atoms with Crippen molar-refractivity contribution in [3.05, 3.63) is 12.2 Å². The third kappa shape index (κ3) is 9.14. The quantitative estimate of drug-likeness (QED) is 0.243. The van der Waals surface area contributed by atoms with Gasteiger partial charge in [-0.1, -0.05) is 58.4 Å². The van der Waals surface area contributed by atoms with Crippen LogP contribution in [0.25, 0.3) is 0 Å². The molecular weight excluding hydrogens is 288 g/mol. The van der Waals surface area contributed by atoms with Crippen LogP contribution in [0.3, 0.4) is 0 Å². The zero-order chi connectivity index (χ0) is 17.1. The molecule has 0 aromatic rings. The van der Waals surface area contributed by atoms with E-state index in [2.05, 4.69) is 13.5 Å². The van der Waals surface area contributed by atoms with Crippen LogP contribution in [0, 0.1) is 5.92 Å². The summed E-state index contributed by atoms with van der Waals surface area (Å²) in [4.78, 5) is 11.9. The van der Waals surface area contributed by atoms with Gasteiger partial charge < -0.3 is 9.47 Å². The minimum Gasteiger partial charge on any atom is -0.456 e. The zero-order valence-corrected chi connectivity index (χ0v) is 15.4. The number of hydrogen-bond donors (Lipinski definition) is 0. The Labute approximate surface area is 142 Å². The Morgan fingerprint density at radius 1 is 1.09 bits per heavy atom. The first-order valence-electron chi connectivity index (χ1n) is 9.47. The number of esters is 1. The largest absolute Gasteiger partial charge is 0.456 e. The van der Waals surface area contributed by atoms with Crippen LogP contribution in [0.1, 0.15) is 84.5 Å². The fourth-order valence-electron chi connectivity index (χ4n) is 2.95. The molecule has 1 saturated carbocycles. The lowest BCUT2D eigenvalue weighted by Gasteiger charge is -2.26. The highest BCUT2D eigenvalue weighted by Gasteiger charge is 2.28. The molecule has 2 atom stereocenters. The Bertz CT molecular complexity index is 347. The van der Waals surface area contributed by atoms with Gasteiger partial charge in [-0.3, -0.25) is 0 Å². The number of methoxy groups -OCH3 is 1. The summed E-state index contributed by atoms with van der Waals surface area (Å²) >= 11 is 0. The van der Waals surface area contributed by atoms with Crippen molar-refractivity contribution in [2.45, 2.75) is 96.7 Å². The summed E-state index contributed by atoms with van der Waals surface area (Å²) in [6, 6.07) is 0. The molecule has 3 nitrogen and oxygen atoms in total. The van der Waals surface area contributed by atoms with Crippen molar-refractivity contribution < 1.29 is 14.3 Å². The summed E-state index contributed by atoms with van der Waals surface area (Å²) in [5.41, 5.74) is 0.468. The summed E-state index contributed by atoms with van der Waals surface area (Å²) in [5, 5.41) is 0. The Balaban J connectivity index is 2.41. The third-order valence-corrected chi connectivity index (χ3v) is 4.72. The normalized spacial score (nSPS) is 16.8. The molecule has 0 radical (unpaired) electrons. The summed E-state index contributed by atoms with van der Waals surface area (Å²) < 4.78 is 11.3. The van der Waals surface area contributed by atoms with Crippen LogP contribution in [0.4, 0.5) is 0 Å². The molecule has 3 heteroatoms.